The van der Waals surface area contributed by atoms with Crippen LogP contribution in [-0.2, 0) is 4.79 Å². The number of carbonyl (C=O) groups is 1. The van der Waals surface area contributed by atoms with Gasteiger partial charge in [0, 0.05) is 22.9 Å². The first-order valence-corrected chi connectivity index (χ1v) is 6.33. The van der Waals surface area contributed by atoms with E-state index in [1.807, 2.05) is 0 Å². The largest absolute Gasteiger partial charge is 0.356 e. The standard InChI is InChI=1S/C13H16BrNO/c1-9(10-3-5-11(14)6-4-10)13(2)7-12(16)15-8-13/h3-6,9H,7-8H2,1-2H3,(H,15,16)/t9-,13-/m1/s1. The highest BCUT2D eigenvalue weighted by molar-refractivity contribution is 9.10. The fourth-order valence-corrected chi connectivity index (χ4v) is 2.52. The lowest BCUT2D eigenvalue weighted by molar-refractivity contribution is -0.119. The number of rotatable bonds is 2. The second-order valence-electron chi connectivity index (χ2n) is 4.88. The lowest BCUT2D eigenvalue weighted by Crippen LogP contribution is -2.26. The van der Waals surface area contributed by atoms with Gasteiger partial charge in [0.15, 0.2) is 0 Å². The molecule has 3 heteroatoms. The van der Waals surface area contributed by atoms with Gasteiger partial charge in [0.05, 0.1) is 0 Å². The van der Waals surface area contributed by atoms with Crippen LogP contribution in [0.25, 0.3) is 0 Å². The number of amides is 1. The normalized spacial score (nSPS) is 26.6. The van der Waals surface area contributed by atoms with Crippen LogP contribution in [0.2, 0.25) is 0 Å². The van der Waals surface area contributed by atoms with Crippen LogP contribution in [0, 0.1) is 5.41 Å². The molecule has 0 saturated carbocycles. The van der Waals surface area contributed by atoms with E-state index in [9.17, 15) is 4.79 Å². The van der Waals surface area contributed by atoms with Crippen LogP contribution in [0.15, 0.2) is 28.7 Å². The van der Waals surface area contributed by atoms with Gasteiger partial charge in [-0.3, -0.25) is 4.79 Å². The first kappa shape index (κ1) is 11.6. The summed E-state index contributed by atoms with van der Waals surface area (Å²) >= 11 is 3.43. The van der Waals surface area contributed by atoms with Crippen molar-refractivity contribution < 1.29 is 4.79 Å². The summed E-state index contributed by atoms with van der Waals surface area (Å²) in [7, 11) is 0. The van der Waals surface area contributed by atoms with Crippen molar-refractivity contribution in [3.8, 4) is 0 Å². The second kappa shape index (κ2) is 4.21. The maximum Gasteiger partial charge on any atom is 0.220 e. The van der Waals surface area contributed by atoms with E-state index in [2.05, 4.69) is 59.4 Å². The fraction of sp³-hybridized carbons (Fsp3) is 0.462. The van der Waals surface area contributed by atoms with Gasteiger partial charge < -0.3 is 5.32 Å². The van der Waals surface area contributed by atoms with Crippen molar-refractivity contribution in [2.24, 2.45) is 5.41 Å². The molecule has 1 heterocycles. The van der Waals surface area contributed by atoms with E-state index >= 15 is 0 Å². The van der Waals surface area contributed by atoms with Gasteiger partial charge in [-0.05, 0) is 23.6 Å². The average molecular weight is 282 g/mol. The van der Waals surface area contributed by atoms with Crippen molar-refractivity contribution in [1.82, 2.24) is 5.32 Å². The van der Waals surface area contributed by atoms with Gasteiger partial charge in [-0.25, -0.2) is 0 Å². The molecule has 2 nitrogen and oxygen atoms in total. The third kappa shape index (κ3) is 2.14. The van der Waals surface area contributed by atoms with Crippen LogP contribution < -0.4 is 5.32 Å². The molecular formula is C13H16BrNO. The number of carbonyl (C=O) groups excluding carboxylic acids is 1. The molecule has 0 bridgehead atoms. The minimum atomic E-state index is 0.0465. The second-order valence-corrected chi connectivity index (χ2v) is 5.80. The van der Waals surface area contributed by atoms with E-state index in [0.717, 1.165) is 11.0 Å². The Morgan fingerprint density at radius 2 is 2.00 bits per heavy atom. The van der Waals surface area contributed by atoms with Crippen LogP contribution in [0.1, 0.15) is 31.7 Å². The Kier molecular flexibility index (Phi) is 3.06. The SMILES string of the molecule is C[C@H](c1ccc(Br)cc1)[C@@]1(C)CNC(=O)C1. The van der Waals surface area contributed by atoms with Crippen LogP contribution >= 0.6 is 15.9 Å². The van der Waals surface area contributed by atoms with Crippen molar-refractivity contribution in [3.63, 3.8) is 0 Å². The zero-order valence-corrected chi connectivity index (χ0v) is 11.2. The first-order chi connectivity index (χ1) is 7.51. The molecule has 1 amide bonds. The van der Waals surface area contributed by atoms with Crippen molar-refractivity contribution in [2.45, 2.75) is 26.2 Å². The van der Waals surface area contributed by atoms with Crippen molar-refractivity contribution in [3.05, 3.63) is 34.3 Å². The van der Waals surface area contributed by atoms with Crippen molar-refractivity contribution >= 4 is 21.8 Å². The summed E-state index contributed by atoms with van der Waals surface area (Å²) in [6.45, 7) is 5.16. The monoisotopic (exact) mass is 281 g/mol. The van der Waals surface area contributed by atoms with Crippen LogP contribution in [0.4, 0.5) is 0 Å². The Hall–Kier alpha value is -0.830. The number of benzene rings is 1. The van der Waals surface area contributed by atoms with Crippen LogP contribution in [0.3, 0.4) is 0 Å². The predicted octanol–water partition coefficient (Wildman–Crippen LogP) is 3.08. The smallest absolute Gasteiger partial charge is 0.220 e. The number of hydrogen-bond donors (Lipinski definition) is 1. The minimum Gasteiger partial charge on any atom is -0.356 e. The lowest BCUT2D eigenvalue weighted by Gasteiger charge is -2.30. The Balaban J connectivity index is 2.21. The van der Waals surface area contributed by atoms with E-state index in [1.165, 1.54) is 5.56 Å². The van der Waals surface area contributed by atoms with Crippen LogP contribution in [0.5, 0.6) is 0 Å². The maximum atomic E-state index is 11.3. The molecule has 1 N–H and O–H groups in total. The molecule has 1 aliphatic heterocycles. The third-order valence-corrected chi connectivity index (χ3v) is 4.20. The van der Waals surface area contributed by atoms with E-state index in [4.69, 9.17) is 0 Å². The summed E-state index contributed by atoms with van der Waals surface area (Å²) in [4.78, 5) is 11.3. The highest BCUT2D eigenvalue weighted by Crippen LogP contribution is 2.40. The van der Waals surface area contributed by atoms with E-state index < -0.39 is 0 Å². The quantitative estimate of drug-likeness (QED) is 0.887. The Morgan fingerprint density at radius 3 is 2.50 bits per heavy atom. The predicted molar refractivity (Wildman–Crippen MR) is 68.3 cm³/mol. The highest BCUT2D eigenvalue weighted by Gasteiger charge is 2.39. The maximum absolute atomic E-state index is 11.3. The van der Waals surface area contributed by atoms with Gasteiger partial charge in [0.1, 0.15) is 0 Å². The molecule has 1 aromatic rings. The molecule has 0 radical (unpaired) electrons. The molecule has 1 saturated heterocycles. The molecule has 1 fully saturated rings. The van der Waals surface area contributed by atoms with Gasteiger partial charge in [0.2, 0.25) is 5.91 Å². The van der Waals surface area contributed by atoms with Gasteiger partial charge in [-0.1, -0.05) is 41.9 Å². The molecule has 2 rings (SSSR count). The Morgan fingerprint density at radius 1 is 1.38 bits per heavy atom. The fourth-order valence-electron chi connectivity index (χ4n) is 2.25. The van der Waals surface area contributed by atoms with E-state index in [0.29, 0.717) is 12.3 Å². The number of halogens is 1. The molecule has 86 valence electrons. The first-order valence-electron chi connectivity index (χ1n) is 5.53. The molecule has 16 heavy (non-hydrogen) atoms. The summed E-state index contributed by atoms with van der Waals surface area (Å²) in [6, 6.07) is 8.37. The molecule has 0 spiro atoms. The molecule has 0 unspecified atom stereocenters. The van der Waals surface area contributed by atoms with E-state index in [-0.39, 0.29) is 11.3 Å². The van der Waals surface area contributed by atoms with Crippen molar-refractivity contribution in [1.29, 1.82) is 0 Å². The number of nitrogens with one attached hydrogen (secondary N) is 1. The van der Waals surface area contributed by atoms with Gasteiger partial charge in [-0.2, -0.15) is 0 Å². The number of hydrogen-bond acceptors (Lipinski definition) is 1. The average Bonchev–Trinajstić information content (AvgIpc) is 2.60. The third-order valence-electron chi connectivity index (χ3n) is 3.67. The molecule has 1 aromatic carbocycles. The summed E-state index contributed by atoms with van der Waals surface area (Å²) in [5, 5.41) is 2.92. The summed E-state index contributed by atoms with van der Waals surface area (Å²) < 4.78 is 1.09. The molecule has 2 atom stereocenters. The zero-order valence-electron chi connectivity index (χ0n) is 9.59. The van der Waals surface area contributed by atoms with Gasteiger partial charge in [-0.15, -0.1) is 0 Å². The van der Waals surface area contributed by atoms with E-state index in [1.54, 1.807) is 0 Å². The lowest BCUT2D eigenvalue weighted by atomic mass is 9.74. The molecule has 1 aliphatic rings. The zero-order chi connectivity index (χ0) is 11.8. The molecule has 0 aliphatic carbocycles. The summed E-state index contributed by atoms with van der Waals surface area (Å²) in [6.07, 6.45) is 0.629. The Bertz CT molecular complexity index is 401. The highest BCUT2D eigenvalue weighted by atomic mass is 79.9. The Labute approximate surface area is 105 Å². The van der Waals surface area contributed by atoms with Crippen molar-refractivity contribution in [2.75, 3.05) is 6.54 Å². The molecular weight excluding hydrogens is 266 g/mol. The summed E-state index contributed by atoms with van der Waals surface area (Å²) in [5.41, 5.74) is 1.34. The van der Waals surface area contributed by atoms with Gasteiger partial charge >= 0.3 is 0 Å². The minimum absolute atomic E-state index is 0.0465. The topological polar surface area (TPSA) is 29.1 Å². The van der Waals surface area contributed by atoms with Gasteiger partial charge in [0.25, 0.3) is 0 Å². The summed E-state index contributed by atoms with van der Waals surface area (Å²) in [5.74, 6) is 0.561. The molecule has 0 aromatic heterocycles. The van der Waals surface area contributed by atoms with Crippen LogP contribution in [-0.4, -0.2) is 12.5 Å².